The molecule has 3 aromatic rings. The number of rotatable bonds is 7. The molecule has 0 aromatic heterocycles. The van der Waals surface area contributed by atoms with Gasteiger partial charge in [-0.3, -0.25) is 0 Å². The van der Waals surface area contributed by atoms with Crippen LogP contribution in [0.1, 0.15) is 29.9 Å². The Morgan fingerprint density at radius 1 is 0.931 bits per heavy atom. The van der Waals surface area contributed by atoms with Gasteiger partial charge in [0, 0.05) is 16.0 Å². The highest BCUT2D eigenvalue weighted by molar-refractivity contribution is 6.30. The molecule has 1 saturated carbocycles. The molecule has 4 rings (SSSR count). The van der Waals surface area contributed by atoms with Crippen LogP contribution in [0.15, 0.2) is 84.7 Å². The van der Waals surface area contributed by atoms with Crippen molar-refractivity contribution in [3.05, 3.63) is 106 Å². The largest absolute Gasteiger partial charge is 0.457 e. The molecular weight excluding hydrogens is 406 g/mol. The van der Waals surface area contributed by atoms with E-state index in [1.165, 1.54) is 0 Å². The van der Waals surface area contributed by atoms with Crippen molar-refractivity contribution in [2.24, 2.45) is 5.92 Å². The van der Waals surface area contributed by atoms with Crippen molar-refractivity contribution in [3.8, 4) is 11.5 Å². The van der Waals surface area contributed by atoms with Crippen molar-refractivity contribution in [1.29, 1.82) is 0 Å². The molecule has 1 nitrogen and oxygen atoms in total. The van der Waals surface area contributed by atoms with Gasteiger partial charge in [-0.2, -0.15) is 0 Å². The second-order valence-electron chi connectivity index (χ2n) is 7.36. The van der Waals surface area contributed by atoms with E-state index in [-0.39, 0.29) is 11.7 Å². The molecule has 0 radical (unpaired) electrons. The number of ether oxygens (including phenoxy) is 1. The number of halogens is 3. The summed E-state index contributed by atoms with van der Waals surface area (Å²) < 4.78 is 21.0. The second kappa shape index (κ2) is 9.02. The first-order chi connectivity index (χ1) is 14.1. The normalized spacial score (nSPS) is 15.2. The topological polar surface area (TPSA) is 9.23 Å². The minimum absolute atomic E-state index is 0.0705. The van der Waals surface area contributed by atoms with E-state index in [9.17, 15) is 0 Å². The van der Waals surface area contributed by atoms with Crippen molar-refractivity contribution in [2.45, 2.75) is 25.2 Å². The smallest absolute Gasteiger partial charge is 0.127 e. The number of hydrogen-bond acceptors (Lipinski definition) is 1. The zero-order valence-electron chi connectivity index (χ0n) is 15.8. The Balaban J connectivity index is 1.47. The molecule has 0 heterocycles. The Morgan fingerprint density at radius 3 is 2.24 bits per heavy atom. The first kappa shape index (κ1) is 20.0. The van der Waals surface area contributed by atoms with Crippen LogP contribution in [0.4, 0.5) is 4.39 Å². The molecule has 29 heavy (non-hydrogen) atoms. The van der Waals surface area contributed by atoms with Crippen LogP contribution in [-0.4, -0.2) is 0 Å². The van der Waals surface area contributed by atoms with Crippen molar-refractivity contribution < 1.29 is 9.13 Å². The lowest BCUT2D eigenvalue weighted by atomic mass is 9.92. The van der Waals surface area contributed by atoms with Gasteiger partial charge in [0.2, 0.25) is 0 Å². The van der Waals surface area contributed by atoms with E-state index in [0.717, 1.165) is 29.7 Å². The summed E-state index contributed by atoms with van der Waals surface area (Å²) in [5, 5.41) is 1.34. The summed E-state index contributed by atoms with van der Waals surface area (Å²) in [5.41, 5.74) is 1.99. The Morgan fingerprint density at radius 2 is 1.59 bits per heavy atom. The third-order valence-electron chi connectivity index (χ3n) is 5.10. The van der Waals surface area contributed by atoms with E-state index in [4.69, 9.17) is 27.9 Å². The van der Waals surface area contributed by atoms with Crippen LogP contribution in [0.25, 0.3) is 0 Å². The fourth-order valence-electron chi connectivity index (χ4n) is 3.47. The molecule has 0 spiro atoms. The van der Waals surface area contributed by atoms with Crippen LogP contribution < -0.4 is 4.74 Å². The lowest BCUT2D eigenvalue weighted by molar-refractivity contribution is 0.482. The summed E-state index contributed by atoms with van der Waals surface area (Å²) >= 11 is 11.9. The van der Waals surface area contributed by atoms with Gasteiger partial charge in [-0.25, -0.2) is 4.39 Å². The van der Waals surface area contributed by atoms with Crippen molar-refractivity contribution in [3.63, 3.8) is 0 Å². The average Bonchev–Trinajstić information content (AvgIpc) is 3.55. The number of benzene rings is 3. The molecule has 0 saturated heterocycles. The minimum Gasteiger partial charge on any atom is -0.457 e. The lowest BCUT2D eigenvalue weighted by Gasteiger charge is -2.15. The van der Waals surface area contributed by atoms with Gasteiger partial charge < -0.3 is 4.74 Å². The maximum atomic E-state index is 15.1. The zero-order valence-corrected chi connectivity index (χ0v) is 17.3. The summed E-state index contributed by atoms with van der Waals surface area (Å²) in [6.45, 7) is 0. The summed E-state index contributed by atoms with van der Waals surface area (Å²) in [7, 11) is 0. The predicted molar refractivity (Wildman–Crippen MR) is 118 cm³/mol. The molecule has 0 bridgehead atoms. The van der Waals surface area contributed by atoms with E-state index in [0.29, 0.717) is 28.1 Å². The minimum atomic E-state index is -0.180. The van der Waals surface area contributed by atoms with Crippen LogP contribution >= 0.6 is 23.2 Å². The van der Waals surface area contributed by atoms with E-state index in [1.54, 1.807) is 18.2 Å². The quantitative estimate of drug-likeness (QED) is 0.368. The Kier molecular flexibility index (Phi) is 6.22. The Bertz CT molecular complexity index is 992. The molecule has 0 N–H and O–H groups in total. The molecule has 148 valence electrons. The summed E-state index contributed by atoms with van der Waals surface area (Å²) in [4.78, 5) is 0. The maximum Gasteiger partial charge on any atom is 0.127 e. The van der Waals surface area contributed by atoms with Gasteiger partial charge in [-0.1, -0.05) is 47.5 Å². The fourth-order valence-corrected chi connectivity index (χ4v) is 3.73. The van der Waals surface area contributed by atoms with Crippen LogP contribution in [-0.2, 0) is 6.42 Å². The highest BCUT2D eigenvalue weighted by Crippen LogP contribution is 2.47. The third-order valence-corrected chi connectivity index (χ3v) is 5.60. The van der Waals surface area contributed by atoms with Crippen LogP contribution in [0.3, 0.4) is 0 Å². The number of hydrogen-bond donors (Lipinski definition) is 0. The first-order valence-corrected chi connectivity index (χ1v) is 10.5. The van der Waals surface area contributed by atoms with Gasteiger partial charge >= 0.3 is 0 Å². The SMILES string of the molecule is FC(=CCc1cccc(Oc2ccc(Cl)cc2)c1)C(c1ccc(Cl)cc1)C1CC1. The predicted octanol–water partition coefficient (Wildman–Crippen LogP) is 8.38. The van der Waals surface area contributed by atoms with E-state index >= 15 is 4.39 Å². The third kappa shape index (κ3) is 5.41. The monoisotopic (exact) mass is 426 g/mol. The molecule has 1 atom stereocenters. The maximum absolute atomic E-state index is 15.1. The Labute approximate surface area is 180 Å². The van der Waals surface area contributed by atoms with E-state index < -0.39 is 0 Å². The van der Waals surface area contributed by atoms with Crippen molar-refractivity contribution >= 4 is 23.2 Å². The molecular formula is C25H21Cl2FO. The standard InChI is InChI=1S/C25H21Cl2FO/c26-20-9-7-19(8-10-20)25(18-5-6-18)24(28)15-4-17-2-1-3-23(16-17)29-22-13-11-21(27)12-14-22/h1-3,7-16,18,25H,4-6H2. The van der Waals surface area contributed by atoms with Crippen molar-refractivity contribution in [2.75, 3.05) is 0 Å². The average molecular weight is 427 g/mol. The fraction of sp³-hybridized carbons (Fsp3) is 0.200. The highest BCUT2D eigenvalue weighted by Gasteiger charge is 2.35. The van der Waals surface area contributed by atoms with E-state index in [2.05, 4.69) is 0 Å². The van der Waals surface area contributed by atoms with Gasteiger partial charge in [-0.15, -0.1) is 0 Å². The lowest BCUT2D eigenvalue weighted by Crippen LogP contribution is -2.02. The van der Waals surface area contributed by atoms with Crippen LogP contribution in [0.2, 0.25) is 10.0 Å². The van der Waals surface area contributed by atoms with Gasteiger partial charge in [0.15, 0.2) is 0 Å². The van der Waals surface area contributed by atoms with Crippen molar-refractivity contribution in [1.82, 2.24) is 0 Å². The van der Waals surface area contributed by atoms with Gasteiger partial charge in [0.05, 0.1) is 0 Å². The molecule has 4 heteroatoms. The molecule has 0 amide bonds. The van der Waals surface area contributed by atoms with Gasteiger partial charge in [0.1, 0.15) is 17.3 Å². The number of allylic oxidation sites excluding steroid dienone is 2. The summed E-state index contributed by atoms with van der Waals surface area (Å²) in [5.74, 6) is 1.56. The summed E-state index contributed by atoms with van der Waals surface area (Å²) in [6.07, 6.45) is 4.34. The molecule has 1 unspecified atom stereocenters. The first-order valence-electron chi connectivity index (χ1n) is 9.72. The summed E-state index contributed by atoms with van der Waals surface area (Å²) in [6, 6.07) is 22.5. The second-order valence-corrected chi connectivity index (χ2v) is 8.24. The Hall–Kier alpha value is -2.29. The highest BCUT2D eigenvalue weighted by atomic mass is 35.5. The van der Waals surface area contributed by atoms with Crippen LogP contribution in [0, 0.1) is 5.92 Å². The van der Waals surface area contributed by atoms with Gasteiger partial charge in [0.25, 0.3) is 0 Å². The molecule has 0 aliphatic heterocycles. The molecule has 1 fully saturated rings. The molecule has 1 aliphatic carbocycles. The zero-order chi connectivity index (χ0) is 20.2. The van der Waals surface area contributed by atoms with E-state index in [1.807, 2.05) is 60.7 Å². The molecule has 1 aliphatic rings. The molecule has 3 aromatic carbocycles. The van der Waals surface area contributed by atoms with Gasteiger partial charge in [-0.05, 0) is 90.9 Å². The van der Waals surface area contributed by atoms with Crippen LogP contribution in [0.5, 0.6) is 11.5 Å².